The molecule has 0 saturated heterocycles. The highest BCUT2D eigenvalue weighted by molar-refractivity contribution is 5.41. The lowest BCUT2D eigenvalue weighted by atomic mass is 9.85. The number of nitrogens with one attached hydrogen (secondary N) is 1. The molecule has 1 rings (SSSR count). The molecule has 2 heteroatoms. The van der Waals surface area contributed by atoms with Crippen LogP contribution in [0.5, 0.6) is 5.75 Å². The largest absolute Gasteiger partial charge is 0.489 e. The molecule has 0 amide bonds. The van der Waals surface area contributed by atoms with Gasteiger partial charge in [-0.1, -0.05) is 59.2 Å². The van der Waals surface area contributed by atoms with E-state index in [-0.39, 0.29) is 11.5 Å². The molecule has 0 saturated carbocycles. The molecule has 0 fully saturated rings. The fraction of sp³-hybridized carbons (Fsp3) is 0.684. The van der Waals surface area contributed by atoms with Crippen LogP contribution in [0.1, 0.15) is 59.1 Å². The second-order valence-corrected chi connectivity index (χ2v) is 7.45. The monoisotopic (exact) mass is 291 g/mol. The van der Waals surface area contributed by atoms with Gasteiger partial charge in [-0.25, -0.2) is 0 Å². The Kier molecular flexibility index (Phi) is 6.73. The maximum atomic E-state index is 6.30. The zero-order chi connectivity index (χ0) is 16.0. The summed E-state index contributed by atoms with van der Waals surface area (Å²) in [6.45, 7) is 17.5. The van der Waals surface area contributed by atoms with Gasteiger partial charge < -0.3 is 10.1 Å². The number of aryl methyl sites for hydroxylation is 1. The van der Waals surface area contributed by atoms with Crippen LogP contribution < -0.4 is 10.1 Å². The van der Waals surface area contributed by atoms with Crippen LogP contribution in [0.2, 0.25) is 0 Å². The van der Waals surface area contributed by atoms with Crippen LogP contribution in [0, 0.1) is 12.8 Å². The topological polar surface area (TPSA) is 21.3 Å². The van der Waals surface area contributed by atoms with Crippen LogP contribution in [0.4, 0.5) is 0 Å². The highest BCUT2D eigenvalue weighted by atomic mass is 16.5. The number of ether oxygens (including phenoxy) is 1. The Morgan fingerprint density at radius 3 is 2.33 bits per heavy atom. The van der Waals surface area contributed by atoms with E-state index in [1.54, 1.807) is 0 Å². The first-order valence-electron chi connectivity index (χ1n) is 8.22. The predicted molar refractivity (Wildman–Crippen MR) is 92.3 cm³/mol. The molecule has 21 heavy (non-hydrogen) atoms. The first-order chi connectivity index (χ1) is 9.74. The third kappa shape index (κ3) is 6.09. The fourth-order valence-electron chi connectivity index (χ4n) is 2.31. The van der Waals surface area contributed by atoms with Crippen molar-refractivity contribution < 1.29 is 4.74 Å². The molecule has 0 aliphatic rings. The molecule has 0 spiro atoms. The van der Waals surface area contributed by atoms with E-state index in [4.69, 9.17) is 4.74 Å². The van der Waals surface area contributed by atoms with Crippen LogP contribution >= 0.6 is 0 Å². The molecule has 0 aliphatic carbocycles. The summed E-state index contributed by atoms with van der Waals surface area (Å²) in [4.78, 5) is 0. The molecule has 0 bridgehead atoms. The minimum absolute atomic E-state index is 0.102. The molecular formula is C19H33NO. The van der Waals surface area contributed by atoms with E-state index in [0.717, 1.165) is 25.3 Å². The van der Waals surface area contributed by atoms with Gasteiger partial charge in [0.15, 0.2) is 0 Å². The SMILES string of the molecule is CCC(CNCC(C)C)Oc1ccc(C)cc1C(C)(C)C. The second kappa shape index (κ2) is 7.84. The van der Waals surface area contributed by atoms with Crippen molar-refractivity contribution in [3.63, 3.8) is 0 Å². The van der Waals surface area contributed by atoms with Crippen LogP contribution in [-0.2, 0) is 5.41 Å². The highest BCUT2D eigenvalue weighted by Gasteiger charge is 2.20. The summed E-state index contributed by atoms with van der Waals surface area (Å²) < 4.78 is 6.30. The zero-order valence-corrected chi connectivity index (χ0v) is 14.9. The molecule has 1 N–H and O–H groups in total. The van der Waals surface area contributed by atoms with Crippen LogP contribution in [0.15, 0.2) is 18.2 Å². The Labute approximate surface area is 131 Å². The van der Waals surface area contributed by atoms with Crippen molar-refractivity contribution in [1.29, 1.82) is 0 Å². The molecule has 0 heterocycles. The first kappa shape index (κ1) is 18.0. The molecule has 2 nitrogen and oxygen atoms in total. The van der Waals surface area contributed by atoms with Gasteiger partial charge in [0.2, 0.25) is 0 Å². The summed E-state index contributed by atoms with van der Waals surface area (Å²) in [6, 6.07) is 6.52. The minimum Gasteiger partial charge on any atom is -0.489 e. The predicted octanol–water partition coefficient (Wildman–Crippen LogP) is 4.70. The lowest BCUT2D eigenvalue weighted by molar-refractivity contribution is 0.188. The van der Waals surface area contributed by atoms with Crippen molar-refractivity contribution in [2.24, 2.45) is 5.92 Å². The molecule has 0 radical (unpaired) electrons. The Morgan fingerprint density at radius 2 is 1.81 bits per heavy atom. The normalized spacial score (nSPS) is 13.5. The van der Waals surface area contributed by atoms with Gasteiger partial charge in [0.1, 0.15) is 11.9 Å². The second-order valence-electron chi connectivity index (χ2n) is 7.45. The molecule has 1 aromatic carbocycles. The third-order valence-electron chi connectivity index (χ3n) is 3.62. The van der Waals surface area contributed by atoms with E-state index in [1.807, 2.05) is 0 Å². The van der Waals surface area contributed by atoms with Crippen molar-refractivity contribution in [3.8, 4) is 5.75 Å². The van der Waals surface area contributed by atoms with Crippen molar-refractivity contribution in [2.75, 3.05) is 13.1 Å². The van der Waals surface area contributed by atoms with Gasteiger partial charge in [-0.15, -0.1) is 0 Å². The van der Waals surface area contributed by atoms with Crippen LogP contribution in [0.25, 0.3) is 0 Å². The third-order valence-corrected chi connectivity index (χ3v) is 3.62. The van der Waals surface area contributed by atoms with E-state index in [1.165, 1.54) is 11.1 Å². The molecular weight excluding hydrogens is 258 g/mol. The van der Waals surface area contributed by atoms with E-state index >= 15 is 0 Å². The maximum absolute atomic E-state index is 6.30. The summed E-state index contributed by atoms with van der Waals surface area (Å²) >= 11 is 0. The van der Waals surface area contributed by atoms with Gasteiger partial charge in [0, 0.05) is 6.54 Å². The standard InChI is InChI=1S/C19H33NO/c1-8-16(13-20-12-14(2)3)21-18-10-9-15(4)11-17(18)19(5,6)7/h9-11,14,16,20H,8,12-13H2,1-7H3. The molecule has 1 unspecified atom stereocenters. The van der Waals surface area contributed by atoms with E-state index in [2.05, 4.69) is 72.0 Å². The van der Waals surface area contributed by atoms with Crippen LogP contribution in [-0.4, -0.2) is 19.2 Å². The lowest BCUT2D eigenvalue weighted by Crippen LogP contribution is -2.33. The smallest absolute Gasteiger partial charge is 0.123 e. The van der Waals surface area contributed by atoms with Gasteiger partial charge >= 0.3 is 0 Å². The first-order valence-corrected chi connectivity index (χ1v) is 8.22. The number of benzene rings is 1. The average molecular weight is 291 g/mol. The van der Waals surface area contributed by atoms with Crippen LogP contribution in [0.3, 0.4) is 0 Å². The summed E-state index contributed by atoms with van der Waals surface area (Å²) in [7, 11) is 0. The summed E-state index contributed by atoms with van der Waals surface area (Å²) in [5.41, 5.74) is 2.69. The summed E-state index contributed by atoms with van der Waals surface area (Å²) in [6.07, 6.45) is 1.25. The van der Waals surface area contributed by atoms with Crippen molar-refractivity contribution in [2.45, 2.75) is 66.4 Å². The van der Waals surface area contributed by atoms with Gasteiger partial charge in [-0.05, 0) is 42.9 Å². The van der Waals surface area contributed by atoms with E-state index in [9.17, 15) is 0 Å². The van der Waals surface area contributed by atoms with Crippen molar-refractivity contribution in [3.05, 3.63) is 29.3 Å². The average Bonchev–Trinajstić information content (AvgIpc) is 2.37. The molecule has 1 aromatic rings. The fourth-order valence-corrected chi connectivity index (χ4v) is 2.31. The Morgan fingerprint density at radius 1 is 1.14 bits per heavy atom. The summed E-state index contributed by atoms with van der Waals surface area (Å²) in [5.74, 6) is 1.71. The Balaban J connectivity index is 2.80. The van der Waals surface area contributed by atoms with Gasteiger partial charge in [0.05, 0.1) is 0 Å². The number of rotatable bonds is 7. The maximum Gasteiger partial charge on any atom is 0.123 e. The number of hydrogen-bond acceptors (Lipinski definition) is 2. The van der Waals surface area contributed by atoms with Gasteiger partial charge in [-0.2, -0.15) is 0 Å². The molecule has 120 valence electrons. The molecule has 0 aliphatic heterocycles. The van der Waals surface area contributed by atoms with Gasteiger partial charge in [-0.3, -0.25) is 0 Å². The highest BCUT2D eigenvalue weighted by Crippen LogP contribution is 2.32. The van der Waals surface area contributed by atoms with Crippen molar-refractivity contribution in [1.82, 2.24) is 5.32 Å². The van der Waals surface area contributed by atoms with E-state index in [0.29, 0.717) is 5.92 Å². The zero-order valence-electron chi connectivity index (χ0n) is 14.9. The molecule has 0 aromatic heterocycles. The minimum atomic E-state index is 0.102. The van der Waals surface area contributed by atoms with E-state index < -0.39 is 0 Å². The van der Waals surface area contributed by atoms with Gasteiger partial charge in [0.25, 0.3) is 0 Å². The molecule has 1 atom stereocenters. The summed E-state index contributed by atoms with van der Waals surface area (Å²) in [5, 5.41) is 3.50. The Hall–Kier alpha value is -1.02. The Bertz CT molecular complexity index is 432. The number of hydrogen-bond donors (Lipinski definition) is 1. The van der Waals surface area contributed by atoms with Crippen molar-refractivity contribution >= 4 is 0 Å². The lowest BCUT2D eigenvalue weighted by Gasteiger charge is -2.26. The quantitative estimate of drug-likeness (QED) is 0.786.